The number of aromatic nitrogens is 1. The molecule has 0 atom stereocenters. The molecule has 0 unspecified atom stereocenters. The number of ether oxygens (including phenoxy) is 1. The molecule has 0 amide bonds. The molecule has 28 heavy (non-hydrogen) atoms. The van der Waals surface area contributed by atoms with Crippen LogP contribution in [-0.2, 0) is 17.7 Å². The summed E-state index contributed by atoms with van der Waals surface area (Å²) in [5.74, 6) is 1.51. The van der Waals surface area contributed by atoms with E-state index in [1.165, 1.54) is 12.1 Å². The highest BCUT2D eigenvalue weighted by molar-refractivity contribution is 14.0. The van der Waals surface area contributed by atoms with E-state index in [1.54, 1.807) is 19.2 Å². The fourth-order valence-corrected chi connectivity index (χ4v) is 3.00. The fraction of sp³-hybridized carbons (Fsp3) is 0.400. The second kappa shape index (κ2) is 11.8. The Kier molecular flexibility index (Phi) is 9.42. The molecule has 0 saturated carbocycles. The first-order chi connectivity index (χ1) is 13.3. The Morgan fingerprint density at radius 1 is 1.18 bits per heavy atom. The molecule has 3 rings (SSSR count). The molecule has 1 aliphatic heterocycles. The van der Waals surface area contributed by atoms with Crippen LogP contribution in [0, 0.1) is 5.82 Å². The van der Waals surface area contributed by atoms with Crippen LogP contribution in [0.4, 0.5) is 10.2 Å². The third kappa shape index (κ3) is 6.59. The lowest BCUT2D eigenvalue weighted by molar-refractivity contribution is 0.122. The molecular weight excluding hydrogens is 472 g/mol. The Balaban J connectivity index is 0.00000280. The van der Waals surface area contributed by atoms with Gasteiger partial charge in [0.1, 0.15) is 11.6 Å². The SMILES string of the molecule is CN=C(NCCc1ccc(F)cc1)NCc1cccnc1N1CCOCC1.I. The van der Waals surface area contributed by atoms with E-state index in [0.29, 0.717) is 13.1 Å². The van der Waals surface area contributed by atoms with Crippen molar-refractivity contribution in [3.05, 3.63) is 59.5 Å². The normalized spacial score (nSPS) is 14.4. The molecule has 1 aliphatic rings. The van der Waals surface area contributed by atoms with Crippen molar-refractivity contribution in [2.24, 2.45) is 4.99 Å². The van der Waals surface area contributed by atoms with E-state index in [0.717, 1.165) is 55.6 Å². The largest absolute Gasteiger partial charge is 0.378 e. The van der Waals surface area contributed by atoms with Gasteiger partial charge in [0.15, 0.2) is 5.96 Å². The average Bonchev–Trinajstić information content (AvgIpc) is 2.73. The molecule has 2 heterocycles. The number of rotatable bonds is 6. The first-order valence-corrected chi connectivity index (χ1v) is 9.22. The fourth-order valence-electron chi connectivity index (χ4n) is 3.00. The van der Waals surface area contributed by atoms with Crippen molar-refractivity contribution < 1.29 is 9.13 Å². The van der Waals surface area contributed by atoms with E-state index in [2.05, 4.69) is 31.6 Å². The van der Waals surface area contributed by atoms with Crippen LogP contribution in [0.15, 0.2) is 47.6 Å². The highest BCUT2D eigenvalue weighted by Gasteiger charge is 2.15. The van der Waals surface area contributed by atoms with Gasteiger partial charge >= 0.3 is 0 Å². The lowest BCUT2D eigenvalue weighted by Crippen LogP contribution is -2.40. The topological polar surface area (TPSA) is 61.8 Å². The Morgan fingerprint density at radius 2 is 1.93 bits per heavy atom. The van der Waals surface area contributed by atoms with Crippen molar-refractivity contribution >= 4 is 35.8 Å². The van der Waals surface area contributed by atoms with Crippen molar-refractivity contribution in [3.63, 3.8) is 0 Å². The van der Waals surface area contributed by atoms with Gasteiger partial charge in [0.2, 0.25) is 0 Å². The minimum absolute atomic E-state index is 0. The standard InChI is InChI=1S/C20H26FN5O.HI/c1-22-20(24-10-8-16-4-6-18(21)7-5-16)25-15-17-3-2-9-23-19(17)26-11-13-27-14-12-26;/h2-7,9H,8,10-15H2,1H3,(H2,22,24,25);1H. The zero-order valence-corrected chi connectivity index (χ0v) is 18.4. The van der Waals surface area contributed by atoms with Gasteiger partial charge in [-0.15, -0.1) is 24.0 Å². The molecule has 1 aromatic heterocycles. The van der Waals surface area contributed by atoms with Crippen LogP contribution in [0.5, 0.6) is 0 Å². The van der Waals surface area contributed by atoms with Crippen LogP contribution in [0.2, 0.25) is 0 Å². The van der Waals surface area contributed by atoms with E-state index in [4.69, 9.17) is 4.74 Å². The average molecular weight is 499 g/mol. The predicted octanol–water partition coefficient (Wildman–Crippen LogP) is 2.58. The summed E-state index contributed by atoms with van der Waals surface area (Å²) in [5.41, 5.74) is 2.21. The summed E-state index contributed by atoms with van der Waals surface area (Å²) in [4.78, 5) is 11.1. The van der Waals surface area contributed by atoms with E-state index < -0.39 is 0 Å². The Hall–Kier alpha value is -1.94. The summed E-state index contributed by atoms with van der Waals surface area (Å²) in [7, 11) is 1.75. The summed E-state index contributed by atoms with van der Waals surface area (Å²) in [6.07, 6.45) is 2.62. The number of hydrogen-bond acceptors (Lipinski definition) is 4. The van der Waals surface area contributed by atoms with E-state index in [-0.39, 0.29) is 29.8 Å². The number of nitrogens with zero attached hydrogens (tertiary/aromatic N) is 3. The molecule has 0 bridgehead atoms. The van der Waals surface area contributed by atoms with Crippen molar-refractivity contribution in [1.82, 2.24) is 15.6 Å². The quantitative estimate of drug-likeness (QED) is 0.364. The summed E-state index contributed by atoms with van der Waals surface area (Å²) < 4.78 is 18.4. The van der Waals surface area contributed by atoms with Crippen molar-refractivity contribution in [2.75, 3.05) is 44.8 Å². The number of aliphatic imine (C=N–C) groups is 1. The molecule has 2 aromatic rings. The van der Waals surface area contributed by atoms with Gasteiger partial charge in [0.05, 0.1) is 13.2 Å². The minimum Gasteiger partial charge on any atom is -0.378 e. The molecule has 0 spiro atoms. The smallest absolute Gasteiger partial charge is 0.191 e. The van der Waals surface area contributed by atoms with Gasteiger partial charge in [-0.3, -0.25) is 4.99 Å². The maximum absolute atomic E-state index is 13.0. The molecular formula is C20H27FIN5O. The number of nitrogens with one attached hydrogen (secondary N) is 2. The Morgan fingerprint density at radius 3 is 2.64 bits per heavy atom. The van der Waals surface area contributed by atoms with Crippen LogP contribution in [0.25, 0.3) is 0 Å². The van der Waals surface area contributed by atoms with Crippen LogP contribution < -0.4 is 15.5 Å². The number of anilines is 1. The van der Waals surface area contributed by atoms with Gasteiger partial charge < -0.3 is 20.3 Å². The number of hydrogen-bond donors (Lipinski definition) is 2. The lowest BCUT2D eigenvalue weighted by atomic mass is 10.1. The summed E-state index contributed by atoms with van der Waals surface area (Å²) in [6.45, 7) is 4.53. The molecule has 8 heteroatoms. The predicted molar refractivity (Wildman–Crippen MR) is 121 cm³/mol. The molecule has 1 saturated heterocycles. The number of halogens is 2. The zero-order chi connectivity index (χ0) is 18.9. The van der Waals surface area contributed by atoms with Gasteiger partial charge in [-0.2, -0.15) is 0 Å². The van der Waals surface area contributed by atoms with E-state index in [9.17, 15) is 4.39 Å². The van der Waals surface area contributed by atoms with Crippen LogP contribution in [0.3, 0.4) is 0 Å². The second-order valence-electron chi connectivity index (χ2n) is 6.31. The summed E-state index contributed by atoms with van der Waals surface area (Å²) in [5, 5.41) is 6.63. The van der Waals surface area contributed by atoms with Crippen LogP contribution in [-0.4, -0.2) is 50.8 Å². The van der Waals surface area contributed by atoms with Crippen LogP contribution in [0.1, 0.15) is 11.1 Å². The third-order valence-corrected chi connectivity index (χ3v) is 4.47. The lowest BCUT2D eigenvalue weighted by Gasteiger charge is -2.29. The maximum Gasteiger partial charge on any atom is 0.191 e. The van der Waals surface area contributed by atoms with Crippen molar-refractivity contribution in [3.8, 4) is 0 Å². The number of pyridine rings is 1. The molecule has 6 nitrogen and oxygen atoms in total. The monoisotopic (exact) mass is 499 g/mol. The van der Waals surface area contributed by atoms with Gasteiger partial charge in [-0.1, -0.05) is 18.2 Å². The van der Waals surface area contributed by atoms with Gasteiger partial charge in [0.25, 0.3) is 0 Å². The van der Waals surface area contributed by atoms with Crippen LogP contribution >= 0.6 is 24.0 Å². The second-order valence-corrected chi connectivity index (χ2v) is 6.31. The molecule has 1 fully saturated rings. The summed E-state index contributed by atoms with van der Waals surface area (Å²) in [6, 6.07) is 10.6. The van der Waals surface area contributed by atoms with Crippen molar-refractivity contribution in [2.45, 2.75) is 13.0 Å². The van der Waals surface area contributed by atoms with Gasteiger partial charge in [-0.05, 0) is 30.2 Å². The highest BCUT2D eigenvalue weighted by Crippen LogP contribution is 2.18. The highest BCUT2D eigenvalue weighted by atomic mass is 127. The molecule has 2 N–H and O–H groups in total. The maximum atomic E-state index is 13.0. The minimum atomic E-state index is -0.211. The first-order valence-electron chi connectivity index (χ1n) is 9.22. The number of morpholine rings is 1. The third-order valence-electron chi connectivity index (χ3n) is 4.47. The molecule has 0 aliphatic carbocycles. The zero-order valence-electron chi connectivity index (χ0n) is 16.0. The summed E-state index contributed by atoms with van der Waals surface area (Å²) >= 11 is 0. The number of benzene rings is 1. The number of guanidine groups is 1. The van der Waals surface area contributed by atoms with E-state index >= 15 is 0 Å². The van der Waals surface area contributed by atoms with Gasteiger partial charge in [-0.25, -0.2) is 9.37 Å². The Labute approximate surface area is 182 Å². The Bertz CT molecular complexity index is 751. The van der Waals surface area contributed by atoms with E-state index in [1.807, 2.05) is 12.3 Å². The van der Waals surface area contributed by atoms with Gasteiger partial charge in [0, 0.05) is 45.0 Å². The first kappa shape index (κ1) is 22.4. The van der Waals surface area contributed by atoms with Crippen molar-refractivity contribution in [1.29, 1.82) is 0 Å². The molecule has 0 radical (unpaired) electrons. The molecule has 1 aromatic carbocycles. The molecule has 152 valence electrons.